The molecule has 0 aromatic heterocycles. The van der Waals surface area contributed by atoms with Crippen molar-refractivity contribution in [3.8, 4) is 0 Å². The summed E-state index contributed by atoms with van der Waals surface area (Å²) in [5.41, 5.74) is 0. The van der Waals surface area contributed by atoms with Crippen molar-refractivity contribution < 1.29 is 15.2 Å². The predicted molar refractivity (Wildman–Crippen MR) is 34.1 cm³/mol. The van der Waals surface area contributed by atoms with E-state index in [-0.39, 0.29) is 0 Å². The first-order valence-electron chi connectivity index (χ1n) is 3.45. The van der Waals surface area contributed by atoms with Crippen LogP contribution in [0, 0.1) is 0 Å². The van der Waals surface area contributed by atoms with Crippen molar-refractivity contribution in [2.24, 2.45) is 0 Å². The lowest BCUT2D eigenvalue weighted by Crippen LogP contribution is -2.41. The molecule has 0 aromatic rings. The molecule has 0 rings (SSSR count). The van der Waals surface area contributed by atoms with Gasteiger partial charge in [0.05, 0.1) is 0 Å². The molecule has 3 heteroatoms. The lowest BCUT2D eigenvalue weighted by atomic mass is 10.3. The topological polar surface area (TPSA) is 40.5 Å². The highest BCUT2D eigenvalue weighted by molar-refractivity contribution is 4.27. The Labute approximate surface area is 56.0 Å². The molecule has 0 aliphatic rings. The van der Waals surface area contributed by atoms with E-state index in [1.165, 1.54) is 0 Å². The summed E-state index contributed by atoms with van der Waals surface area (Å²) in [4.78, 5) is -0.826. The van der Waals surface area contributed by atoms with Gasteiger partial charge in [-0.05, 0) is 11.7 Å². The number of nitrogens with zero attached hydrogens (tertiary/aromatic N) is 1. The van der Waals surface area contributed by atoms with E-state index in [0.29, 0.717) is 13.1 Å². The molecule has 3 nitrogen and oxygen atoms in total. The van der Waals surface area contributed by atoms with Gasteiger partial charge in [0.15, 0.2) is 0 Å². The van der Waals surface area contributed by atoms with E-state index >= 15 is 0 Å². The summed E-state index contributed by atoms with van der Waals surface area (Å²) in [7, 11) is 0. The van der Waals surface area contributed by atoms with Gasteiger partial charge in [0.25, 0.3) is 0 Å². The molecule has 0 aliphatic carbocycles. The minimum atomic E-state index is -0.826. The number of hydroxylamine groups is 4. The minimum absolute atomic E-state index is 0.361. The van der Waals surface area contributed by atoms with Crippen LogP contribution in [0.2, 0.25) is 0 Å². The first-order valence-corrected chi connectivity index (χ1v) is 3.45. The van der Waals surface area contributed by atoms with Gasteiger partial charge >= 0.3 is 0 Å². The van der Waals surface area contributed by atoms with Crippen molar-refractivity contribution in [2.45, 2.75) is 26.7 Å². The van der Waals surface area contributed by atoms with Gasteiger partial charge in [-0.15, -0.1) is 0 Å². The Hall–Kier alpha value is -0.120. The highest BCUT2D eigenvalue weighted by Crippen LogP contribution is 1.98. The van der Waals surface area contributed by atoms with Gasteiger partial charge in [0.1, 0.15) is 13.1 Å². The fourth-order valence-electron chi connectivity index (χ4n) is 0.569. The molecule has 2 N–H and O–H groups in total. The zero-order chi connectivity index (χ0) is 7.33. The molecule has 0 amide bonds. The van der Waals surface area contributed by atoms with Crippen LogP contribution in [0.1, 0.15) is 26.7 Å². The molecule has 0 saturated carbocycles. The Morgan fingerprint density at radius 2 is 1.78 bits per heavy atom. The van der Waals surface area contributed by atoms with Crippen LogP contribution >= 0.6 is 0 Å². The normalized spacial score (nSPS) is 12.0. The van der Waals surface area contributed by atoms with E-state index in [9.17, 15) is 0 Å². The molecule has 0 saturated heterocycles. The summed E-state index contributed by atoms with van der Waals surface area (Å²) >= 11 is 0. The largest absolute Gasteiger partial charge is 0.182 e. The number of hydrogen-bond donors (Lipinski definition) is 2. The van der Waals surface area contributed by atoms with Gasteiger partial charge in [-0.2, -0.15) is 10.4 Å². The Balaban J connectivity index is 3.33. The maximum absolute atomic E-state index is 8.95. The molecule has 0 aliphatic heterocycles. The lowest BCUT2D eigenvalue weighted by molar-refractivity contribution is -1.24. The monoisotopic (exact) mass is 134 g/mol. The maximum atomic E-state index is 8.95. The Kier molecular flexibility index (Phi) is 3.77. The van der Waals surface area contributed by atoms with Crippen LogP contribution in [0.25, 0.3) is 0 Å². The molecule has 0 atom stereocenters. The Morgan fingerprint density at radius 1 is 1.22 bits per heavy atom. The van der Waals surface area contributed by atoms with E-state index in [1.54, 1.807) is 6.92 Å². The van der Waals surface area contributed by atoms with E-state index in [0.717, 1.165) is 12.8 Å². The molecular formula is C6H16NO2+. The molecule has 0 unspecified atom stereocenters. The number of rotatable bonds is 4. The summed E-state index contributed by atoms with van der Waals surface area (Å²) in [5.74, 6) is 0. The quantitative estimate of drug-likeness (QED) is 0.450. The van der Waals surface area contributed by atoms with Crippen molar-refractivity contribution >= 4 is 0 Å². The zero-order valence-electron chi connectivity index (χ0n) is 6.17. The molecule has 0 bridgehead atoms. The van der Waals surface area contributed by atoms with Crippen LogP contribution in [0.15, 0.2) is 0 Å². The van der Waals surface area contributed by atoms with Crippen molar-refractivity contribution in [2.75, 3.05) is 13.1 Å². The first-order chi connectivity index (χ1) is 4.12. The van der Waals surface area contributed by atoms with Crippen molar-refractivity contribution in [3.63, 3.8) is 0 Å². The third kappa shape index (κ3) is 4.39. The summed E-state index contributed by atoms with van der Waals surface area (Å²) in [6.07, 6.45) is 1.86. The third-order valence-corrected chi connectivity index (χ3v) is 1.38. The molecule has 0 fully saturated rings. The summed E-state index contributed by atoms with van der Waals surface area (Å²) in [6.45, 7) is 4.57. The van der Waals surface area contributed by atoms with Gasteiger partial charge in [-0.1, -0.05) is 13.3 Å². The standard InChI is InChI=1S/C6H16NO2/c1-3-5-6-7(8,9)4-2/h8-9H,3-6H2,1-2H3/q+1. The molecule has 56 valence electrons. The van der Waals surface area contributed by atoms with Gasteiger partial charge in [-0.25, -0.2) is 0 Å². The third-order valence-electron chi connectivity index (χ3n) is 1.38. The smallest absolute Gasteiger partial charge is 0.142 e. The van der Waals surface area contributed by atoms with Crippen molar-refractivity contribution in [1.82, 2.24) is 0 Å². The molecule has 9 heavy (non-hydrogen) atoms. The Bertz CT molecular complexity index is 73.5. The second-order valence-electron chi connectivity index (χ2n) is 2.27. The average molecular weight is 134 g/mol. The fraction of sp³-hybridized carbons (Fsp3) is 1.00. The molecule has 0 radical (unpaired) electrons. The second kappa shape index (κ2) is 3.82. The molecule has 0 aromatic carbocycles. The maximum Gasteiger partial charge on any atom is 0.142 e. The summed E-state index contributed by atoms with van der Waals surface area (Å²) in [5, 5.41) is 17.9. The summed E-state index contributed by atoms with van der Waals surface area (Å²) in [6, 6.07) is 0. The van der Waals surface area contributed by atoms with Crippen molar-refractivity contribution in [1.29, 1.82) is 0 Å². The average Bonchev–Trinajstić information content (AvgIpc) is 1.84. The van der Waals surface area contributed by atoms with Crippen LogP contribution in [-0.2, 0) is 0 Å². The van der Waals surface area contributed by atoms with Crippen LogP contribution < -0.4 is 0 Å². The number of hydrogen-bond acceptors (Lipinski definition) is 2. The molecule has 0 heterocycles. The van der Waals surface area contributed by atoms with Gasteiger partial charge in [0, 0.05) is 6.42 Å². The van der Waals surface area contributed by atoms with Gasteiger partial charge in [0.2, 0.25) is 0 Å². The van der Waals surface area contributed by atoms with E-state index in [2.05, 4.69) is 0 Å². The van der Waals surface area contributed by atoms with Crippen LogP contribution in [0.4, 0.5) is 0 Å². The van der Waals surface area contributed by atoms with Crippen LogP contribution in [-0.4, -0.2) is 28.3 Å². The molecule has 0 spiro atoms. The zero-order valence-corrected chi connectivity index (χ0v) is 6.17. The van der Waals surface area contributed by atoms with E-state index < -0.39 is 4.81 Å². The van der Waals surface area contributed by atoms with Gasteiger partial charge < -0.3 is 0 Å². The van der Waals surface area contributed by atoms with E-state index in [1.807, 2.05) is 6.92 Å². The van der Waals surface area contributed by atoms with Crippen LogP contribution in [0.5, 0.6) is 0 Å². The van der Waals surface area contributed by atoms with E-state index in [4.69, 9.17) is 10.4 Å². The Morgan fingerprint density at radius 3 is 2.11 bits per heavy atom. The number of quaternary nitrogens is 1. The number of unbranched alkanes of at least 4 members (excludes halogenated alkanes) is 1. The highest BCUT2D eigenvalue weighted by Gasteiger charge is 2.17. The summed E-state index contributed by atoms with van der Waals surface area (Å²) < 4.78 is 0. The highest BCUT2D eigenvalue weighted by atomic mass is 16.8. The fourth-order valence-corrected chi connectivity index (χ4v) is 0.569. The first kappa shape index (κ1) is 8.88. The lowest BCUT2D eigenvalue weighted by Gasteiger charge is -2.18. The van der Waals surface area contributed by atoms with Crippen LogP contribution in [0.3, 0.4) is 0 Å². The second-order valence-corrected chi connectivity index (χ2v) is 2.27. The molecular weight excluding hydrogens is 118 g/mol. The van der Waals surface area contributed by atoms with Crippen molar-refractivity contribution in [3.05, 3.63) is 0 Å². The van der Waals surface area contributed by atoms with Gasteiger partial charge in [-0.3, -0.25) is 0 Å². The minimum Gasteiger partial charge on any atom is -0.182 e. The predicted octanol–water partition coefficient (Wildman–Crippen LogP) is 1.40. The SMILES string of the molecule is CCCC[N+](O)(O)CC.